The Morgan fingerprint density at radius 2 is 1.80 bits per heavy atom. The third kappa shape index (κ3) is 3.96. The lowest BCUT2D eigenvalue weighted by atomic mass is 9.88. The summed E-state index contributed by atoms with van der Waals surface area (Å²) in [7, 11) is 2.04. The predicted molar refractivity (Wildman–Crippen MR) is 69.3 cm³/mol. The van der Waals surface area contributed by atoms with E-state index in [1.807, 2.05) is 7.05 Å². The third-order valence-corrected chi connectivity index (χ3v) is 3.33. The fourth-order valence-electron chi connectivity index (χ4n) is 2.31. The monoisotopic (exact) mass is 212 g/mol. The van der Waals surface area contributed by atoms with Crippen molar-refractivity contribution in [2.75, 3.05) is 20.1 Å². The number of nitrogens with zero attached hydrogens (tertiary/aromatic N) is 1. The van der Waals surface area contributed by atoms with Gasteiger partial charge in [-0.15, -0.1) is 6.58 Å². The molecule has 0 aromatic rings. The van der Waals surface area contributed by atoms with Crippen molar-refractivity contribution in [3.63, 3.8) is 0 Å². The van der Waals surface area contributed by atoms with Crippen molar-refractivity contribution in [2.45, 2.75) is 52.6 Å². The second-order valence-electron chi connectivity index (χ2n) is 4.83. The van der Waals surface area contributed by atoms with Crippen molar-refractivity contribution in [1.82, 2.24) is 10.2 Å². The van der Waals surface area contributed by atoms with Crippen LogP contribution in [0.25, 0.3) is 0 Å². The summed E-state index contributed by atoms with van der Waals surface area (Å²) in [5.41, 5.74) is 1.42. The molecule has 0 amide bonds. The van der Waals surface area contributed by atoms with Crippen LogP contribution in [0.4, 0.5) is 0 Å². The van der Waals surface area contributed by atoms with Gasteiger partial charge in [0, 0.05) is 11.6 Å². The van der Waals surface area contributed by atoms with Crippen LogP contribution in [-0.4, -0.2) is 36.6 Å². The number of nitrogens with one attached hydrogen (secondary N) is 1. The minimum absolute atomic E-state index is 0.178. The predicted octanol–water partition coefficient (Wildman–Crippen LogP) is 2.66. The summed E-state index contributed by atoms with van der Waals surface area (Å²) in [5.74, 6) is 0. The van der Waals surface area contributed by atoms with E-state index < -0.39 is 0 Å². The van der Waals surface area contributed by atoms with Crippen molar-refractivity contribution in [3.05, 3.63) is 12.2 Å². The van der Waals surface area contributed by atoms with Gasteiger partial charge < -0.3 is 5.32 Å². The Labute approximate surface area is 95.7 Å². The lowest BCUT2D eigenvalue weighted by molar-refractivity contribution is 0.0944. The van der Waals surface area contributed by atoms with E-state index in [1.165, 1.54) is 5.57 Å². The minimum atomic E-state index is 0.178. The molecule has 1 atom stereocenters. The number of hydrogen-bond acceptors (Lipinski definition) is 2. The van der Waals surface area contributed by atoms with Crippen molar-refractivity contribution < 1.29 is 0 Å². The van der Waals surface area contributed by atoms with Crippen LogP contribution in [0.1, 0.15) is 41.0 Å². The molecule has 0 aromatic heterocycles. The van der Waals surface area contributed by atoms with Gasteiger partial charge in [-0.05, 0) is 47.3 Å². The van der Waals surface area contributed by atoms with Gasteiger partial charge in [0.25, 0.3) is 0 Å². The summed E-state index contributed by atoms with van der Waals surface area (Å²) >= 11 is 0. The standard InChI is InChI=1S/C13H28N2/c1-8-15(9-2)13(5,6)12(14-7)10-11(3)4/h12,14H,3,8-10H2,1-2,4-7H3. The zero-order valence-corrected chi connectivity index (χ0v) is 11.4. The van der Waals surface area contributed by atoms with E-state index in [1.54, 1.807) is 0 Å². The van der Waals surface area contributed by atoms with Gasteiger partial charge >= 0.3 is 0 Å². The minimum Gasteiger partial charge on any atom is -0.315 e. The topological polar surface area (TPSA) is 15.3 Å². The average Bonchev–Trinajstić information content (AvgIpc) is 2.15. The molecule has 0 aliphatic rings. The molecule has 0 aliphatic carbocycles. The van der Waals surface area contributed by atoms with Crippen LogP contribution in [0.5, 0.6) is 0 Å². The average molecular weight is 212 g/mol. The van der Waals surface area contributed by atoms with Crippen molar-refractivity contribution in [3.8, 4) is 0 Å². The normalized spacial score (nSPS) is 14.3. The Morgan fingerprint density at radius 1 is 1.33 bits per heavy atom. The molecule has 0 aromatic carbocycles. The molecule has 0 spiro atoms. The second kappa shape index (κ2) is 6.29. The summed E-state index contributed by atoms with van der Waals surface area (Å²) in [6, 6.07) is 0.468. The van der Waals surface area contributed by atoms with Crippen LogP contribution >= 0.6 is 0 Å². The number of rotatable bonds is 7. The fourth-order valence-corrected chi connectivity index (χ4v) is 2.31. The van der Waals surface area contributed by atoms with Gasteiger partial charge in [0.1, 0.15) is 0 Å². The molecule has 1 unspecified atom stereocenters. The molecule has 0 saturated heterocycles. The zero-order chi connectivity index (χ0) is 12.1. The Balaban J connectivity index is 4.69. The second-order valence-corrected chi connectivity index (χ2v) is 4.83. The highest BCUT2D eigenvalue weighted by atomic mass is 15.2. The van der Waals surface area contributed by atoms with Crippen LogP contribution in [0.2, 0.25) is 0 Å². The van der Waals surface area contributed by atoms with Crippen molar-refractivity contribution >= 4 is 0 Å². The van der Waals surface area contributed by atoms with E-state index in [-0.39, 0.29) is 5.54 Å². The first-order valence-electron chi connectivity index (χ1n) is 5.96. The third-order valence-electron chi connectivity index (χ3n) is 3.33. The molecule has 0 fully saturated rings. The highest BCUT2D eigenvalue weighted by molar-refractivity contribution is 5.01. The van der Waals surface area contributed by atoms with Gasteiger partial charge in [0.2, 0.25) is 0 Å². The molecule has 1 N–H and O–H groups in total. The first-order valence-corrected chi connectivity index (χ1v) is 5.96. The maximum Gasteiger partial charge on any atom is 0.0309 e. The first-order chi connectivity index (χ1) is 6.89. The molecular formula is C13H28N2. The lowest BCUT2D eigenvalue weighted by Gasteiger charge is -2.43. The fraction of sp³-hybridized carbons (Fsp3) is 0.846. The maximum absolute atomic E-state index is 4.01. The summed E-state index contributed by atoms with van der Waals surface area (Å²) < 4.78 is 0. The molecule has 0 aliphatic heterocycles. The van der Waals surface area contributed by atoms with Crippen LogP contribution in [-0.2, 0) is 0 Å². The summed E-state index contributed by atoms with van der Waals surface area (Å²) in [5, 5.41) is 3.42. The van der Waals surface area contributed by atoms with Crippen LogP contribution in [0.15, 0.2) is 12.2 Å². The number of hydrogen-bond donors (Lipinski definition) is 1. The van der Waals surface area contributed by atoms with Gasteiger partial charge in [0.05, 0.1) is 0 Å². The van der Waals surface area contributed by atoms with Gasteiger partial charge in [-0.2, -0.15) is 0 Å². The molecule has 90 valence electrons. The molecule has 0 radical (unpaired) electrons. The van der Waals surface area contributed by atoms with E-state index in [0.717, 1.165) is 19.5 Å². The zero-order valence-electron chi connectivity index (χ0n) is 11.4. The van der Waals surface area contributed by atoms with Gasteiger partial charge in [-0.25, -0.2) is 0 Å². The highest BCUT2D eigenvalue weighted by Gasteiger charge is 2.32. The van der Waals surface area contributed by atoms with Crippen LogP contribution in [0.3, 0.4) is 0 Å². The Kier molecular flexibility index (Phi) is 6.15. The summed E-state index contributed by atoms with van der Waals surface area (Å²) in [4.78, 5) is 2.50. The van der Waals surface area contributed by atoms with Crippen LogP contribution in [0, 0.1) is 0 Å². The maximum atomic E-state index is 4.01. The molecule has 0 rings (SSSR count). The SMILES string of the molecule is C=C(C)CC(NC)C(C)(C)N(CC)CC. The van der Waals surface area contributed by atoms with Gasteiger partial charge in [-0.3, -0.25) is 4.90 Å². The summed E-state index contributed by atoms with van der Waals surface area (Å²) in [6.07, 6.45) is 1.04. The first kappa shape index (κ1) is 14.7. The molecule has 2 nitrogen and oxygen atoms in total. The highest BCUT2D eigenvalue weighted by Crippen LogP contribution is 2.22. The molecule has 0 bridgehead atoms. The van der Waals surface area contributed by atoms with E-state index >= 15 is 0 Å². The smallest absolute Gasteiger partial charge is 0.0309 e. The van der Waals surface area contributed by atoms with E-state index in [9.17, 15) is 0 Å². The largest absolute Gasteiger partial charge is 0.315 e. The van der Waals surface area contributed by atoms with Crippen molar-refractivity contribution in [1.29, 1.82) is 0 Å². The molecule has 0 saturated carbocycles. The number of likely N-dealkylation sites (N-methyl/N-ethyl adjacent to an activating group) is 2. The Hall–Kier alpha value is -0.340. The van der Waals surface area contributed by atoms with E-state index in [0.29, 0.717) is 6.04 Å². The molecule has 2 heteroatoms. The van der Waals surface area contributed by atoms with E-state index in [4.69, 9.17) is 0 Å². The molecule has 0 heterocycles. The molecular weight excluding hydrogens is 184 g/mol. The Morgan fingerprint density at radius 3 is 2.07 bits per heavy atom. The van der Waals surface area contributed by atoms with Gasteiger partial charge in [0.15, 0.2) is 0 Å². The lowest BCUT2D eigenvalue weighted by Crippen LogP contribution is -2.57. The Bertz CT molecular complexity index is 193. The quantitative estimate of drug-likeness (QED) is 0.653. The van der Waals surface area contributed by atoms with Gasteiger partial charge in [-0.1, -0.05) is 19.4 Å². The van der Waals surface area contributed by atoms with Crippen molar-refractivity contribution in [2.24, 2.45) is 0 Å². The molecule has 15 heavy (non-hydrogen) atoms. The van der Waals surface area contributed by atoms with Crippen LogP contribution < -0.4 is 5.32 Å². The van der Waals surface area contributed by atoms with E-state index in [2.05, 4.69) is 51.4 Å². The summed E-state index contributed by atoms with van der Waals surface area (Å²) in [6.45, 7) is 17.4.